The average molecular weight is 226 g/mol. The van der Waals surface area contributed by atoms with Gasteiger partial charge in [-0.05, 0) is 12.8 Å². The Labute approximate surface area is 92.9 Å². The highest BCUT2D eigenvalue weighted by Gasteiger charge is 2.36. The van der Waals surface area contributed by atoms with Gasteiger partial charge in [0.2, 0.25) is 0 Å². The van der Waals surface area contributed by atoms with Crippen LogP contribution < -0.4 is 5.32 Å². The van der Waals surface area contributed by atoms with E-state index in [4.69, 9.17) is 5.11 Å². The molecular weight excluding hydrogens is 212 g/mol. The molecule has 1 fully saturated rings. The lowest BCUT2D eigenvalue weighted by atomic mass is 10.2. The highest BCUT2D eigenvalue weighted by Crippen LogP contribution is 2.17. The van der Waals surface area contributed by atoms with Crippen molar-refractivity contribution in [3.8, 4) is 0 Å². The molecule has 1 saturated heterocycles. The first-order chi connectivity index (χ1) is 7.57. The Bertz CT molecular complexity index is 327. The van der Waals surface area contributed by atoms with Crippen LogP contribution in [0.2, 0.25) is 0 Å². The number of carbonyl (C=O) groups excluding carboxylic acids is 2. The number of hydrogen-bond acceptors (Lipinski definition) is 3. The van der Waals surface area contributed by atoms with Crippen LogP contribution in [0.1, 0.15) is 12.8 Å². The third kappa shape index (κ3) is 2.59. The largest absolute Gasteiger partial charge is 0.480 e. The predicted molar refractivity (Wildman–Crippen MR) is 55.6 cm³/mol. The summed E-state index contributed by atoms with van der Waals surface area (Å²) in [6.45, 7) is 3.91. The molecule has 0 aromatic carbocycles. The van der Waals surface area contributed by atoms with Gasteiger partial charge in [0, 0.05) is 13.1 Å². The molecule has 2 amide bonds. The number of carboxylic acid groups (broad SMARTS) is 1. The van der Waals surface area contributed by atoms with Crippen molar-refractivity contribution in [2.24, 2.45) is 0 Å². The summed E-state index contributed by atoms with van der Waals surface area (Å²) in [4.78, 5) is 34.8. The van der Waals surface area contributed by atoms with Crippen molar-refractivity contribution in [2.75, 3.05) is 13.1 Å². The number of likely N-dealkylation sites (tertiary alicyclic amines) is 1. The Hall–Kier alpha value is -1.85. The second kappa shape index (κ2) is 5.29. The molecule has 0 radical (unpaired) electrons. The van der Waals surface area contributed by atoms with Crippen molar-refractivity contribution in [3.63, 3.8) is 0 Å². The zero-order valence-electron chi connectivity index (χ0n) is 8.81. The van der Waals surface area contributed by atoms with E-state index >= 15 is 0 Å². The summed E-state index contributed by atoms with van der Waals surface area (Å²) < 4.78 is 0. The molecule has 6 heteroatoms. The van der Waals surface area contributed by atoms with Gasteiger partial charge in [0.15, 0.2) is 0 Å². The van der Waals surface area contributed by atoms with Crippen molar-refractivity contribution >= 4 is 17.8 Å². The number of carboxylic acids is 1. The standard InChI is InChI=1S/C10H14N2O4/c1-2-5-11-8(13)9(14)12-6-3-4-7(12)10(15)16/h2,7H,1,3-6H2,(H,11,13)(H,15,16). The quantitative estimate of drug-likeness (QED) is 0.495. The van der Waals surface area contributed by atoms with Gasteiger partial charge in [0.1, 0.15) is 6.04 Å². The van der Waals surface area contributed by atoms with E-state index in [0.29, 0.717) is 19.4 Å². The van der Waals surface area contributed by atoms with Crippen LogP contribution in [0.4, 0.5) is 0 Å². The van der Waals surface area contributed by atoms with Crippen LogP contribution >= 0.6 is 0 Å². The minimum atomic E-state index is -1.07. The topological polar surface area (TPSA) is 86.7 Å². The molecule has 1 unspecified atom stereocenters. The minimum Gasteiger partial charge on any atom is -0.480 e. The van der Waals surface area contributed by atoms with Gasteiger partial charge in [-0.1, -0.05) is 6.08 Å². The van der Waals surface area contributed by atoms with Crippen LogP contribution in [0.15, 0.2) is 12.7 Å². The summed E-state index contributed by atoms with van der Waals surface area (Å²) in [6, 6.07) is -0.873. The van der Waals surface area contributed by atoms with Gasteiger partial charge in [-0.15, -0.1) is 6.58 Å². The molecule has 16 heavy (non-hydrogen) atoms. The van der Waals surface area contributed by atoms with E-state index in [9.17, 15) is 14.4 Å². The van der Waals surface area contributed by atoms with E-state index in [2.05, 4.69) is 11.9 Å². The molecule has 0 aliphatic carbocycles. The molecule has 0 bridgehead atoms. The van der Waals surface area contributed by atoms with Gasteiger partial charge in [-0.2, -0.15) is 0 Å². The average Bonchev–Trinajstić information content (AvgIpc) is 2.73. The van der Waals surface area contributed by atoms with Crippen LogP contribution in [0.25, 0.3) is 0 Å². The van der Waals surface area contributed by atoms with Crippen LogP contribution in [0.5, 0.6) is 0 Å². The third-order valence-corrected chi connectivity index (χ3v) is 2.40. The molecule has 1 aliphatic rings. The molecule has 0 aromatic heterocycles. The molecule has 0 saturated carbocycles. The Morgan fingerprint density at radius 2 is 2.19 bits per heavy atom. The summed E-state index contributed by atoms with van der Waals surface area (Å²) in [5.74, 6) is -2.64. The van der Waals surface area contributed by atoms with Crippen LogP contribution in [0.3, 0.4) is 0 Å². The number of carbonyl (C=O) groups is 3. The lowest BCUT2D eigenvalue weighted by Gasteiger charge is -2.20. The highest BCUT2D eigenvalue weighted by atomic mass is 16.4. The van der Waals surface area contributed by atoms with E-state index in [1.165, 1.54) is 6.08 Å². The van der Waals surface area contributed by atoms with Gasteiger partial charge in [-0.3, -0.25) is 9.59 Å². The maximum absolute atomic E-state index is 11.6. The van der Waals surface area contributed by atoms with Crippen molar-refractivity contribution in [2.45, 2.75) is 18.9 Å². The molecule has 0 spiro atoms. The van der Waals surface area contributed by atoms with E-state index in [1.54, 1.807) is 0 Å². The Kier molecular flexibility index (Phi) is 4.04. The van der Waals surface area contributed by atoms with Gasteiger partial charge < -0.3 is 15.3 Å². The molecule has 2 N–H and O–H groups in total. The summed E-state index contributed by atoms with van der Waals surface area (Å²) in [6.07, 6.45) is 2.46. The minimum absolute atomic E-state index is 0.191. The molecule has 1 atom stereocenters. The van der Waals surface area contributed by atoms with Crippen molar-refractivity contribution in [1.29, 1.82) is 0 Å². The maximum Gasteiger partial charge on any atom is 0.326 e. The lowest BCUT2D eigenvalue weighted by molar-refractivity contribution is -0.152. The molecule has 1 heterocycles. The summed E-state index contributed by atoms with van der Waals surface area (Å²) in [7, 11) is 0. The number of hydrogen-bond donors (Lipinski definition) is 2. The van der Waals surface area contributed by atoms with Crippen molar-refractivity contribution in [3.05, 3.63) is 12.7 Å². The Balaban J connectivity index is 2.62. The first-order valence-corrected chi connectivity index (χ1v) is 5.00. The normalized spacial score (nSPS) is 19.2. The number of aliphatic carboxylic acids is 1. The second-order valence-corrected chi connectivity index (χ2v) is 3.49. The predicted octanol–water partition coefficient (Wildman–Crippen LogP) is -0.636. The van der Waals surface area contributed by atoms with E-state index in [0.717, 1.165) is 4.90 Å². The summed E-state index contributed by atoms with van der Waals surface area (Å²) in [5.41, 5.74) is 0. The third-order valence-electron chi connectivity index (χ3n) is 2.40. The lowest BCUT2D eigenvalue weighted by Crippen LogP contribution is -2.47. The first kappa shape index (κ1) is 12.2. The fourth-order valence-corrected chi connectivity index (χ4v) is 1.64. The van der Waals surface area contributed by atoms with Crippen molar-refractivity contribution in [1.82, 2.24) is 10.2 Å². The summed E-state index contributed by atoms with van der Waals surface area (Å²) in [5, 5.41) is 11.2. The molecule has 6 nitrogen and oxygen atoms in total. The van der Waals surface area contributed by atoms with Crippen LogP contribution in [-0.2, 0) is 14.4 Å². The summed E-state index contributed by atoms with van der Waals surface area (Å²) >= 11 is 0. The van der Waals surface area contributed by atoms with Crippen LogP contribution in [-0.4, -0.2) is 46.9 Å². The molecule has 1 aliphatic heterocycles. The second-order valence-electron chi connectivity index (χ2n) is 3.49. The smallest absolute Gasteiger partial charge is 0.326 e. The van der Waals surface area contributed by atoms with Gasteiger partial charge in [0.05, 0.1) is 0 Å². The zero-order chi connectivity index (χ0) is 12.1. The molecule has 88 valence electrons. The van der Waals surface area contributed by atoms with Gasteiger partial charge >= 0.3 is 17.8 Å². The van der Waals surface area contributed by atoms with Crippen molar-refractivity contribution < 1.29 is 19.5 Å². The fourth-order valence-electron chi connectivity index (χ4n) is 1.64. The van der Waals surface area contributed by atoms with E-state index in [1.807, 2.05) is 0 Å². The number of rotatable bonds is 3. The molecule has 0 aromatic rings. The van der Waals surface area contributed by atoms with Crippen LogP contribution in [0, 0.1) is 0 Å². The zero-order valence-corrected chi connectivity index (χ0v) is 8.81. The SMILES string of the molecule is C=CCNC(=O)C(=O)N1CCCC1C(=O)O. The van der Waals surface area contributed by atoms with E-state index in [-0.39, 0.29) is 6.54 Å². The monoisotopic (exact) mass is 226 g/mol. The number of nitrogens with zero attached hydrogens (tertiary/aromatic N) is 1. The number of amides is 2. The fraction of sp³-hybridized carbons (Fsp3) is 0.500. The van der Waals surface area contributed by atoms with Gasteiger partial charge in [0.25, 0.3) is 0 Å². The highest BCUT2D eigenvalue weighted by molar-refractivity contribution is 6.35. The van der Waals surface area contributed by atoms with E-state index < -0.39 is 23.8 Å². The molecular formula is C10H14N2O4. The maximum atomic E-state index is 11.6. The number of nitrogens with one attached hydrogen (secondary N) is 1. The Morgan fingerprint density at radius 1 is 1.50 bits per heavy atom. The Morgan fingerprint density at radius 3 is 2.75 bits per heavy atom. The molecule has 1 rings (SSSR count). The van der Waals surface area contributed by atoms with Gasteiger partial charge in [-0.25, -0.2) is 4.79 Å². The first-order valence-electron chi connectivity index (χ1n) is 5.00.